The lowest BCUT2D eigenvalue weighted by Crippen LogP contribution is -2.27. The Morgan fingerprint density at radius 2 is 1.97 bits per heavy atom. The van der Waals surface area contributed by atoms with Crippen molar-refractivity contribution >= 4 is 30.4 Å². The number of hydrogen-bond donors (Lipinski definition) is 3. The molecule has 1 unspecified atom stereocenters. The van der Waals surface area contributed by atoms with Crippen molar-refractivity contribution in [2.24, 2.45) is 0 Å². The summed E-state index contributed by atoms with van der Waals surface area (Å²) in [6, 6.07) is 9.55. The SMILES string of the molecule is CC(C)OC(=O)CNP(=N)(CO[C@H](C)Cn1cnc2c(N)ncnc21)OCc1ccccc1. The van der Waals surface area contributed by atoms with E-state index in [1.807, 2.05) is 41.8 Å². The van der Waals surface area contributed by atoms with Crippen molar-refractivity contribution in [2.45, 2.75) is 46.1 Å². The Kier molecular flexibility index (Phi) is 8.51. The molecule has 0 radical (unpaired) electrons. The highest BCUT2D eigenvalue weighted by atomic mass is 31.2. The largest absolute Gasteiger partial charge is 0.462 e. The van der Waals surface area contributed by atoms with Gasteiger partial charge in [-0.2, -0.15) is 0 Å². The highest BCUT2D eigenvalue weighted by molar-refractivity contribution is 7.57. The van der Waals surface area contributed by atoms with Gasteiger partial charge in [0, 0.05) is 0 Å². The van der Waals surface area contributed by atoms with Crippen LogP contribution in [0.4, 0.5) is 5.82 Å². The summed E-state index contributed by atoms with van der Waals surface area (Å²) in [5.74, 6) is -0.129. The molecule has 0 saturated carbocycles. The standard InChI is InChI=1S/C21H30N7O4P/c1-15(2)32-18(29)9-27-33(23,31-11-17-7-5-4-6-8-17)14-30-16(3)10-28-13-26-19-20(22)24-12-25-21(19)28/h4-8,12-13,15-16H,9-11,14H2,1-3H3,(H2,23,27)(H2,22,24,25)/t16-,33?/m1/s1. The molecule has 0 fully saturated rings. The first kappa shape index (κ1) is 24.8. The number of benzene rings is 1. The minimum atomic E-state index is -3.03. The number of ether oxygens (including phenoxy) is 2. The van der Waals surface area contributed by atoms with Gasteiger partial charge < -0.3 is 24.3 Å². The highest BCUT2D eigenvalue weighted by Crippen LogP contribution is 2.44. The zero-order valence-electron chi connectivity index (χ0n) is 19.0. The van der Waals surface area contributed by atoms with Crippen LogP contribution in [-0.4, -0.2) is 50.6 Å². The van der Waals surface area contributed by atoms with E-state index >= 15 is 0 Å². The van der Waals surface area contributed by atoms with E-state index in [-0.39, 0.29) is 31.7 Å². The van der Waals surface area contributed by atoms with Gasteiger partial charge in [0.2, 0.25) is 0 Å². The molecule has 0 aliphatic carbocycles. The molecule has 3 rings (SSSR count). The van der Waals surface area contributed by atoms with E-state index in [9.17, 15) is 4.79 Å². The lowest BCUT2D eigenvalue weighted by atomic mass is 10.2. The normalized spacial score (nSPS) is 14.3. The minimum Gasteiger partial charge on any atom is -0.462 e. The predicted molar refractivity (Wildman–Crippen MR) is 125 cm³/mol. The van der Waals surface area contributed by atoms with E-state index in [2.05, 4.69) is 20.0 Å². The van der Waals surface area contributed by atoms with E-state index in [0.29, 0.717) is 23.5 Å². The maximum absolute atomic E-state index is 12.0. The molecule has 0 amide bonds. The Bertz CT molecular complexity index is 1110. The molecule has 33 heavy (non-hydrogen) atoms. The zero-order chi connectivity index (χ0) is 23.8. The fraction of sp³-hybridized carbons (Fsp3) is 0.429. The first-order chi connectivity index (χ1) is 15.8. The van der Waals surface area contributed by atoms with Gasteiger partial charge in [0.25, 0.3) is 0 Å². The number of imidazole rings is 1. The van der Waals surface area contributed by atoms with Crippen LogP contribution in [0.2, 0.25) is 0 Å². The van der Waals surface area contributed by atoms with Crippen molar-refractivity contribution in [3.8, 4) is 0 Å². The van der Waals surface area contributed by atoms with Crippen molar-refractivity contribution in [3.05, 3.63) is 48.5 Å². The van der Waals surface area contributed by atoms with Crippen LogP contribution in [0.1, 0.15) is 26.3 Å². The van der Waals surface area contributed by atoms with Gasteiger partial charge >= 0.3 is 5.97 Å². The van der Waals surface area contributed by atoms with Gasteiger partial charge in [-0.15, -0.1) is 0 Å². The molecule has 0 bridgehead atoms. The van der Waals surface area contributed by atoms with Gasteiger partial charge in [-0.3, -0.25) is 9.96 Å². The number of aromatic nitrogens is 4. The molecular formula is C21H30N7O4P. The maximum Gasteiger partial charge on any atom is 0.320 e. The second kappa shape index (κ2) is 11.3. The van der Waals surface area contributed by atoms with Gasteiger partial charge in [0.1, 0.15) is 24.7 Å². The molecule has 4 N–H and O–H groups in total. The molecule has 178 valence electrons. The third kappa shape index (κ3) is 7.33. The lowest BCUT2D eigenvalue weighted by Gasteiger charge is -2.25. The third-order valence-electron chi connectivity index (χ3n) is 4.56. The number of nitrogens with two attached hydrogens (primary N) is 1. The van der Waals surface area contributed by atoms with E-state index in [1.165, 1.54) is 6.33 Å². The molecule has 0 aliphatic heterocycles. The van der Waals surface area contributed by atoms with Gasteiger partial charge in [-0.05, 0) is 26.3 Å². The number of carbonyl (C=O) groups excluding carboxylic acids is 1. The number of hydrogen-bond acceptors (Lipinski definition) is 9. The van der Waals surface area contributed by atoms with Gasteiger partial charge in [-0.1, -0.05) is 30.3 Å². The quantitative estimate of drug-likeness (QED) is 0.265. The van der Waals surface area contributed by atoms with Crippen LogP contribution < -0.4 is 10.8 Å². The van der Waals surface area contributed by atoms with Crippen molar-refractivity contribution < 1.29 is 18.8 Å². The average Bonchev–Trinajstić information content (AvgIpc) is 3.19. The molecule has 2 atom stereocenters. The molecule has 0 saturated heterocycles. The third-order valence-corrected chi connectivity index (χ3v) is 6.32. The number of carbonyl (C=O) groups is 1. The number of nitrogen functional groups attached to an aromatic ring is 1. The summed E-state index contributed by atoms with van der Waals surface area (Å²) in [5, 5.41) is 11.8. The molecule has 0 spiro atoms. The first-order valence-corrected chi connectivity index (χ1v) is 12.4. The molecule has 0 aliphatic rings. The Hall–Kier alpha value is -2.85. The monoisotopic (exact) mass is 475 g/mol. The molecular weight excluding hydrogens is 445 g/mol. The van der Waals surface area contributed by atoms with Gasteiger partial charge in [0.15, 0.2) is 18.9 Å². The van der Waals surface area contributed by atoms with Crippen LogP contribution in [0.25, 0.3) is 11.2 Å². The van der Waals surface area contributed by atoms with Crippen LogP contribution >= 0.6 is 7.43 Å². The number of anilines is 1. The van der Waals surface area contributed by atoms with E-state index < -0.39 is 13.4 Å². The van der Waals surface area contributed by atoms with Crippen LogP contribution in [0.15, 0.2) is 43.0 Å². The van der Waals surface area contributed by atoms with Crippen LogP contribution in [0.5, 0.6) is 0 Å². The van der Waals surface area contributed by atoms with E-state index in [1.54, 1.807) is 20.2 Å². The molecule has 1 aromatic carbocycles. The van der Waals surface area contributed by atoms with Crippen molar-refractivity contribution in [1.82, 2.24) is 24.6 Å². The summed E-state index contributed by atoms with van der Waals surface area (Å²) >= 11 is 0. The van der Waals surface area contributed by atoms with Crippen molar-refractivity contribution in [1.29, 1.82) is 5.16 Å². The summed E-state index contributed by atoms with van der Waals surface area (Å²) in [7, 11) is -3.03. The Morgan fingerprint density at radius 3 is 2.70 bits per heavy atom. The Morgan fingerprint density at radius 1 is 1.21 bits per heavy atom. The average molecular weight is 475 g/mol. The van der Waals surface area contributed by atoms with Gasteiger partial charge in [-0.25, -0.2) is 20.0 Å². The fourth-order valence-electron chi connectivity index (χ4n) is 2.98. The summed E-state index contributed by atoms with van der Waals surface area (Å²) < 4.78 is 18.9. The van der Waals surface area contributed by atoms with Crippen molar-refractivity contribution in [2.75, 3.05) is 18.6 Å². The van der Waals surface area contributed by atoms with Crippen molar-refractivity contribution in [3.63, 3.8) is 0 Å². The second-order valence-corrected chi connectivity index (χ2v) is 10.1. The van der Waals surface area contributed by atoms with E-state index in [0.717, 1.165) is 5.56 Å². The Balaban J connectivity index is 1.62. The molecule has 3 aromatic rings. The summed E-state index contributed by atoms with van der Waals surface area (Å²) in [6.07, 6.45) is 2.49. The topological polar surface area (TPSA) is 150 Å². The molecule has 12 heteroatoms. The molecule has 11 nitrogen and oxygen atoms in total. The number of rotatable bonds is 12. The highest BCUT2D eigenvalue weighted by Gasteiger charge is 2.22. The second-order valence-electron chi connectivity index (χ2n) is 7.81. The fourth-order valence-corrected chi connectivity index (χ4v) is 4.45. The van der Waals surface area contributed by atoms with Crippen LogP contribution in [0, 0.1) is 5.16 Å². The molecule has 2 aromatic heterocycles. The summed E-state index contributed by atoms with van der Waals surface area (Å²) in [4.78, 5) is 24.4. The van der Waals surface area contributed by atoms with Crippen LogP contribution in [0.3, 0.4) is 0 Å². The van der Waals surface area contributed by atoms with E-state index in [4.69, 9.17) is 24.9 Å². The maximum atomic E-state index is 12.0. The number of nitrogens with zero attached hydrogens (tertiary/aromatic N) is 4. The predicted octanol–water partition coefficient (Wildman–Crippen LogP) is 3.14. The number of nitrogens with one attached hydrogen (secondary N) is 2. The smallest absolute Gasteiger partial charge is 0.320 e. The summed E-state index contributed by atoms with van der Waals surface area (Å²) in [5.41, 5.74) is 7.91. The zero-order valence-corrected chi connectivity index (χ0v) is 19.9. The number of esters is 1. The van der Waals surface area contributed by atoms with Crippen LogP contribution in [-0.2, 0) is 31.9 Å². The molecule has 2 heterocycles. The Labute approximate surface area is 192 Å². The van der Waals surface area contributed by atoms with Gasteiger partial charge in [0.05, 0.1) is 31.7 Å². The number of fused-ring (bicyclic) bond motifs is 1. The lowest BCUT2D eigenvalue weighted by molar-refractivity contribution is -0.145. The minimum absolute atomic E-state index is 0.0142. The summed E-state index contributed by atoms with van der Waals surface area (Å²) in [6.45, 7) is 5.97. The first-order valence-electron chi connectivity index (χ1n) is 10.5.